The molecule has 0 unspecified atom stereocenters. The molecule has 0 radical (unpaired) electrons. The van der Waals surface area contributed by atoms with Gasteiger partial charge in [-0.15, -0.1) is 0 Å². The third kappa shape index (κ3) is 6.04. The van der Waals surface area contributed by atoms with Gasteiger partial charge in [0.1, 0.15) is 0 Å². The third-order valence-corrected chi connectivity index (χ3v) is 1.06. The van der Waals surface area contributed by atoms with E-state index in [2.05, 4.69) is 0 Å². The molecule has 0 atom stereocenters. The highest BCUT2D eigenvalue weighted by Crippen LogP contribution is 1.96. The van der Waals surface area contributed by atoms with Crippen molar-refractivity contribution in [3.63, 3.8) is 0 Å². The summed E-state index contributed by atoms with van der Waals surface area (Å²) < 4.78 is 10.3. The van der Waals surface area contributed by atoms with E-state index in [0.717, 1.165) is 0 Å². The lowest BCUT2D eigenvalue weighted by Crippen LogP contribution is -2.14. The van der Waals surface area contributed by atoms with Crippen LogP contribution in [0.3, 0.4) is 0 Å². The zero-order valence-electron chi connectivity index (χ0n) is 7.12. The number of rotatable bonds is 6. The van der Waals surface area contributed by atoms with Crippen LogP contribution in [0.2, 0.25) is 0 Å². The van der Waals surface area contributed by atoms with Gasteiger partial charge in [-0.3, -0.25) is 0 Å². The first-order valence-corrected chi connectivity index (χ1v) is 3.85. The molecule has 3 heteroatoms. The van der Waals surface area contributed by atoms with Crippen LogP contribution in [-0.2, 0) is 9.47 Å². The second kappa shape index (κ2) is 7.72. The molecule has 0 aromatic carbocycles. The van der Waals surface area contributed by atoms with Gasteiger partial charge in [-0.1, -0.05) is 6.08 Å². The lowest BCUT2D eigenvalue weighted by molar-refractivity contribution is -0.104. The molecule has 0 saturated carbocycles. The summed E-state index contributed by atoms with van der Waals surface area (Å²) in [4.78, 5) is 0. The lowest BCUT2D eigenvalue weighted by atomic mass is 10.5. The van der Waals surface area contributed by atoms with Gasteiger partial charge in [-0.25, -0.2) is 0 Å². The van der Waals surface area contributed by atoms with Crippen LogP contribution < -0.4 is 0 Å². The highest BCUT2D eigenvalue weighted by atomic mass is 16.7. The summed E-state index contributed by atoms with van der Waals surface area (Å²) in [6.07, 6.45) is 3.00. The summed E-state index contributed by atoms with van der Waals surface area (Å²) in [6.45, 7) is 5.05. The van der Waals surface area contributed by atoms with Crippen molar-refractivity contribution < 1.29 is 14.6 Å². The van der Waals surface area contributed by atoms with Crippen LogP contribution in [0.15, 0.2) is 12.2 Å². The molecule has 1 N–H and O–H groups in total. The Kier molecular flexibility index (Phi) is 7.46. The van der Waals surface area contributed by atoms with E-state index in [-0.39, 0.29) is 12.9 Å². The molecule has 0 saturated heterocycles. The Morgan fingerprint density at radius 1 is 1.27 bits per heavy atom. The Morgan fingerprint density at radius 2 is 1.82 bits per heavy atom. The topological polar surface area (TPSA) is 38.7 Å². The maximum atomic E-state index is 8.45. The van der Waals surface area contributed by atoms with E-state index in [0.29, 0.717) is 13.2 Å². The van der Waals surface area contributed by atoms with E-state index in [9.17, 15) is 0 Å². The van der Waals surface area contributed by atoms with E-state index < -0.39 is 0 Å². The molecular weight excluding hydrogens is 144 g/mol. The fraction of sp³-hybridized carbons (Fsp3) is 0.750. The van der Waals surface area contributed by atoms with Gasteiger partial charge in [0, 0.05) is 13.2 Å². The molecule has 0 aliphatic heterocycles. The van der Waals surface area contributed by atoms with Crippen LogP contribution in [0.1, 0.15) is 13.8 Å². The van der Waals surface area contributed by atoms with Gasteiger partial charge in [-0.2, -0.15) is 0 Å². The van der Waals surface area contributed by atoms with E-state index >= 15 is 0 Å². The molecule has 0 spiro atoms. The van der Waals surface area contributed by atoms with Crippen molar-refractivity contribution in [1.82, 2.24) is 0 Å². The summed E-state index contributed by atoms with van der Waals surface area (Å²) in [6, 6.07) is 0. The zero-order chi connectivity index (χ0) is 8.53. The van der Waals surface area contributed by atoms with E-state index in [1.165, 1.54) is 0 Å². The van der Waals surface area contributed by atoms with Crippen molar-refractivity contribution in [3.8, 4) is 0 Å². The van der Waals surface area contributed by atoms with Gasteiger partial charge in [-0.05, 0) is 19.9 Å². The Morgan fingerprint density at radius 3 is 2.18 bits per heavy atom. The second-order valence-corrected chi connectivity index (χ2v) is 1.89. The van der Waals surface area contributed by atoms with Crippen molar-refractivity contribution in [2.24, 2.45) is 0 Å². The first-order valence-electron chi connectivity index (χ1n) is 3.85. The molecule has 0 rings (SSSR count). The third-order valence-electron chi connectivity index (χ3n) is 1.06. The molecule has 0 aliphatic carbocycles. The fourth-order valence-corrected chi connectivity index (χ4v) is 0.660. The molecule has 0 aromatic rings. The van der Waals surface area contributed by atoms with E-state index in [1.54, 1.807) is 12.2 Å². The van der Waals surface area contributed by atoms with Crippen LogP contribution >= 0.6 is 0 Å². The van der Waals surface area contributed by atoms with Crippen molar-refractivity contribution in [1.29, 1.82) is 0 Å². The van der Waals surface area contributed by atoms with Crippen molar-refractivity contribution in [2.45, 2.75) is 20.1 Å². The molecule has 0 bridgehead atoms. The van der Waals surface area contributed by atoms with Gasteiger partial charge in [0.05, 0.1) is 6.61 Å². The lowest BCUT2D eigenvalue weighted by Gasteiger charge is -2.11. The number of aliphatic hydroxyl groups is 1. The van der Waals surface area contributed by atoms with Gasteiger partial charge in [0.15, 0.2) is 6.29 Å². The maximum absolute atomic E-state index is 8.45. The predicted octanol–water partition coefficient (Wildman–Crippen LogP) is 0.934. The monoisotopic (exact) mass is 160 g/mol. The number of hydrogen-bond acceptors (Lipinski definition) is 3. The average Bonchev–Trinajstić information content (AvgIpc) is 2.01. The maximum Gasteiger partial charge on any atom is 0.176 e. The van der Waals surface area contributed by atoms with Crippen LogP contribution in [0.25, 0.3) is 0 Å². The molecule has 0 aromatic heterocycles. The Labute approximate surface area is 67.6 Å². The normalized spacial score (nSPS) is 11.6. The van der Waals surface area contributed by atoms with Gasteiger partial charge in [0.2, 0.25) is 0 Å². The van der Waals surface area contributed by atoms with Gasteiger partial charge >= 0.3 is 0 Å². The standard InChI is InChI=1S/C8H16O3/c1-3-10-8(11-4-2)6-5-7-9/h5-6,8-9H,3-4,7H2,1-2H3/b6-5+. The van der Waals surface area contributed by atoms with E-state index in [4.69, 9.17) is 14.6 Å². The van der Waals surface area contributed by atoms with Gasteiger partial charge < -0.3 is 14.6 Å². The molecule has 11 heavy (non-hydrogen) atoms. The molecule has 3 nitrogen and oxygen atoms in total. The Hall–Kier alpha value is -0.380. The Balaban J connectivity index is 3.58. The number of hydrogen-bond donors (Lipinski definition) is 1. The highest BCUT2D eigenvalue weighted by molar-refractivity contribution is 4.84. The quantitative estimate of drug-likeness (QED) is 0.464. The average molecular weight is 160 g/mol. The molecule has 0 aliphatic rings. The zero-order valence-corrected chi connectivity index (χ0v) is 7.12. The van der Waals surface area contributed by atoms with Crippen LogP contribution in [-0.4, -0.2) is 31.2 Å². The molecule has 0 amide bonds. The molecule has 0 heterocycles. The summed E-state index contributed by atoms with van der Waals surface area (Å²) in [5.74, 6) is 0. The van der Waals surface area contributed by atoms with Crippen molar-refractivity contribution in [2.75, 3.05) is 19.8 Å². The fourth-order valence-electron chi connectivity index (χ4n) is 0.660. The second-order valence-electron chi connectivity index (χ2n) is 1.89. The summed E-state index contributed by atoms with van der Waals surface area (Å²) in [5, 5.41) is 8.45. The largest absolute Gasteiger partial charge is 0.392 e. The van der Waals surface area contributed by atoms with Gasteiger partial charge in [0.25, 0.3) is 0 Å². The number of aliphatic hydroxyl groups excluding tert-OH is 1. The van der Waals surface area contributed by atoms with Crippen LogP contribution in [0.5, 0.6) is 0 Å². The molecular formula is C8H16O3. The van der Waals surface area contributed by atoms with E-state index in [1.807, 2.05) is 13.8 Å². The summed E-state index contributed by atoms with van der Waals surface area (Å²) in [7, 11) is 0. The molecule has 66 valence electrons. The summed E-state index contributed by atoms with van der Waals surface area (Å²) >= 11 is 0. The number of ether oxygens (including phenoxy) is 2. The van der Waals surface area contributed by atoms with Crippen molar-refractivity contribution >= 4 is 0 Å². The smallest absolute Gasteiger partial charge is 0.176 e. The first kappa shape index (κ1) is 10.6. The Bertz CT molecular complexity index is 95.5. The van der Waals surface area contributed by atoms with Crippen molar-refractivity contribution in [3.05, 3.63) is 12.2 Å². The minimum absolute atomic E-state index is 0.0245. The molecule has 0 fully saturated rings. The SMILES string of the molecule is CCOC(/C=C/CO)OCC. The summed E-state index contributed by atoms with van der Waals surface area (Å²) in [5.41, 5.74) is 0. The minimum atomic E-state index is -0.308. The highest BCUT2D eigenvalue weighted by Gasteiger charge is 2.00. The van der Waals surface area contributed by atoms with Crippen LogP contribution in [0.4, 0.5) is 0 Å². The minimum Gasteiger partial charge on any atom is -0.392 e. The first-order chi connectivity index (χ1) is 5.35. The predicted molar refractivity (Wildman–Crippen MR) is 43.3 cm³/mol. The van der Waals surface area contributed by atoms with Crippen LogP contribution in [0, 0.1) is 0 Å².